The molecule has 137 valence electrons. The van der Waals surface area contributed by atoms with E-state index >= 15 is 0 Å². The Bertz CT molecular complexity index is 849. The third kappa shape index (κ3) is 3.39. The van der Waals surface area contributed by atoms with E-state index in [2.05, 4.69) is 104 Å². The molecule has 0 amide bonds. The van der Waals surface area contributed by atoms with Crippen molar-refractivity contribution in [2.24, 2.45) is 5.41 Å². The first-order chi connectivity index (χ1) is 12.0. The predicted octanol–water partition coefficient (Wildman–Crippen LogP) is 7.77. The number of hydrogen-bond acceptors (Lipinski definition) is 0. The molecule has 0 fully saturated rings. The fourth-order valence-electron chi connectivity index (χ4n) is 3.86. The Morgan fingerprint density at radius 2 is 1.42 bits per heavy atom. The molecular weight excluding hydrogens is 312 g/mol. The largest absolute Gasteiger partial charge is 0.0619 e. The molecule has 0 saturated heterocycles. The fourth-order valence-corrected chi connectivity index (χ4v) is 3.86. The van der Waals surface area contributed by atoms with Crippen molar-refractivity contribution in [3.63, 3.8) is 0 Å². The second kappa shape index (κ2) is 6.41. The van der Waals surface area contributed by atoms with Crippen molar-refractivity contribution in [2.45, 2.75) is 66.7 Å². The quantitative estimate of drug-likeness (QED) is 0.521. The molecule has 0 heterocycles. The molecule has 26 heavy (non-hydrogen) atoms. The van der Waals surface area contributed by atoms with Crippen LogP contribution in [0.5, 0.6) is 0 Å². The lowest BCUT2D eigenvalue weighted by molar-refractivity contribution is 0.516. The summed E-state index contributed by atoms with van der Waals surface area (Å²) in [5.41, 5.74) is 10.1. The van der Waals surface area contributed by atoms with Gasteiger partial charge in [0, 0.05) is 6.42 Å². The minimum Gasteiger partial charge on any atom is -0.0619 e. The van der Waals surface area contributed by atoms with Crippen LogP contribution < -0.4 is 0 Å². The monoisotopic (exact) mass is 345 g/mol. The highest BCUT2D eigenvalue weighted by Crippen LogP contribution is 2.46. The van der Waals surface area contributed by atoms with E-state index in [0.717, 1.165) is 0 Å². The van der Waals surface area contributed by atoms with Crippen molar-refractivity contribution in [3.8, 4) is 11.1 Å². The van der Waals surface area contributed by atoms with E-state index in [1.807, 2.05) is 0 Å². The first kappa shape index (κ1) is 19.0. The molecule has 0 saturated carbocycles. The lowest BCUT2D eigenvalue weighted by Crippen LogP contribution is -2.14. The summed E-state index contributed by atoms with van der Waals surface area (Å²) in [6.45, 7) is 18.5. The smallest absolute Gasteiger partial charge is 0.0170 e. The molecule has 0 bridgehead atoms. The Morgan fingerprint density at radius 1 is 0.769 bits per heavy atom. The van der Waals surface area contributed by atoms with Crippen LogP contribution in [-0.4, -0.2) is 0 Å². The highest BCUT2D eigenvalue weighted by molar-refractivity contribution is 5.87. The normalized spacial score (nSPS) is 14.6. The van der Waals surface area contributed by atoms with E-state index in [4.69, 9.17) is 0 Å². The van der Waals surface area contributed by atoms with Crippen LogP contribution in [0.3, 0.4) is 0 Å². The predicted molar refractivity (Wildman–Crippen MR) is 116 cm³/mol. The molecule has 0 nitrogen and oxygen atoms in total. The van der Waals surface area contributed by atoms with E-state index in [-0.39, 0.29) is 10.8 Å². The van der Waals surface area contributed by atoms with Gasteiger partial charge in [0.2, 0.25) is 0 Å². The molecular formula is C26H33. The molecule has 0 aromatic heterocycles. The molecule has 0 atom stereocenters. The highest BCUT2D eigenvalue weighted by atomic mass is 14.3. The van der Waals surface area contributed by atoms with Crippen molar-refractivity contribution in [3.05, 3.63) is 70.6 Å². The Labute approximate surface area is 160 Å². The third-order valence-corrected chi connectivity index (χ3v) is 5.42. The molecule has 1 aliphatic rings. The molecule has 3 rings (SSSR count). The summed E-state index contributed by atoms with van der Waals surface area (Å²) in [5, 5.41) is 0. The van der Waals surface area contributed by atoms with E-state index in [9.17, 15) is 0 Å². The second-order valence-electron chi connectivity index (χ2n) is 9.98. The summed E-state index contributed by atoms with van der Waals surface area (Å²) in [4.78, 5) is 0. The lowest BCUT2D eigenvalue weighted by atomic mass is 9.77. The van der Waals surface area contributed by atoms with Crippen molar-refractivity contribution in [1.82, 2.24) is 0 Å². The van der Waals surface area contributed by atoms with E-state index in [1.54, 1.807) is 0 Å². The Hall–Kier alpha value is -1.82. The minimum atomic E-state index is 0.104. The van der Waals surface area contributed by atoms with Gasteiger partial charge in [0.25, 0.3) is 0 Å². The van der Waals surface area contributed by atoms with Crippen LogP contribution in [0.4, 0.5) is 0 Å². The SMILES string of the molecule is CC(C)c1ccccc1-c1c(C(C)(C)C)ccc2c1C=C(C(C)(C)C)[CH]2. The average molecular weight is 346 g/mol. The Kier molecular flexibility index (Phi) is 4.67. The first-order valence-corrected chi connectivity index (χ1v) is 9.84. The average Bonchev–Trinajstić information content (AvgIpc) is 2.97. The summed E-state index contributed by atoms with van der Waals surface area (Å²) in [6.07, 6.45) is 4.81. The number of rotatable bonds is 2. The lowest BCUT2D eigenvalue weighted by Gasteiger charge is -2.27. The van der Waals surface area contributed by atoms with Gasteiger partial charge in [-0.25, -0.2) is 0 Å². The maximum atomic E-state index is 2.43. The third-order valence-electron chi connectivity index (χ3n) is 5.42. The van der Waals surface area contributed by atoms with Crippen LogP contribution in [-0.2, 0) is 5.41 Å². The van der Waals surface area contributed by atoms with Crippen molar-refractivity contribution >= 4 is 6.08 Å². The van der Waals surface area contributed by atoms with Crippen LogP contribution in [0.1, 0.15) is 83.6 Å². The molecule has 1 radical (unpaired) electrons. The zero-order valence-electron chi connectivity index (χ0n) is 17.7. The van der Waals surface area contributed by atoms with E-state index < -0.39 is 0 Å². The summed E-state index contributed by atoms with van der Waals surface area (Å²) >= 11 is 0. The molecule has 0 aliphatic heterocycles. The second-order valence-corrected chi connectivity index (χ2v) is 9.98. The van der Waals surface area contributed by atoms with Gasteiger partial charge in [-0.05, 0) is 50.1 Å². The number of allylic oxidation sites excluding steroid dienone is 1. The molecule has 2 aromatic carbocycles. The van der Waals surface area contributed by atoms with Gasteiger partial charge in [0.05, 0.1) is 0 Å². The van der Waals surface area contributed by atoms with Gasteiger partial charge >= 0.3 is 0 Å². The Balaban J connectivity index is 2.35. The number of benzene rings is 2. The zero-order valence-corrected chi connectivity index (χ0v) is 17.7. The molecule has 0 heteroatoms. The standard InChI is InChI=1S/C26H33/c1-17(2)20-11-9-10-12-21(20)24-22-16-19(25(3,4)5)15-18(22)13-14-23(24)26(6,7)8/h9-17H,1-8H3. The van der Waals surface area contributed by atoms with Crippen LogP contribution in [0.2, 0.25) is 0 Å². The maximum Gasteiger partial charge on any atom is 0.0170 e. The summed E-state index contributed by atoms with van der Waals surface area (Å²) in [7, 11) is 0. The van der Waals surface area contributed by atoms with Crippen LogP contribution in [0.25, 0.3) is 17.2 Å². The number of hydrogen-bond donors (Lipinski definition) is 0. The van der Waals surface area contributed by atoms with Crippen LogP contribution in [0, 0.1) is 11.8 Å². The van der Waals surface area contributed by atoms with Gasteiger partial charge in [-0.1, -0.05) is 103 Å². The fraction of sp³-hybridized carbons (Fsp3) is 0.423. The molecule has 0 unspecified atom stereocenters. The van der Waals surface area contributed by atoms with Crippen LogP contribution in [0.15, 0.2) is 42.0 Å². The molecule has 0 spiro atoms. The highest BCUT2D eigenvalue weighted by Gasteiger charge is 2.29. The molecule has 0 N–H and O–H groups in total. The number of fused-ring (bicyclic) bond motifs is 1. The van der Waals surface area contributed by atoms with Gasteiger partial charge in [0.15, 0.2) is 0 Å². The summed E-state index contributed by atoms with van der Waals surface area (Å²) in [6, 6.07) is 13.6. The van der Waals surface area contributed by atoms with Gasteiger partial charge in [0.1, 0.15) is 0 Å². The van der Waals surface area contributed by atoms with Crippen molar-refractivity contribution in [2.75, 3.05) is 0 Å². The van der Waals surface area contributed by atoms with E-state index in [1.165, 1.54) is 39.0 Å². The van der Waals surface area contributed by atoms with Gasteiger partial charge in [-0.15, -0.1) is 0 Å². The summed E-state index contributed by atoms with van der Waals surface area (Å²) in [5.74, 6) is 0.506. The summed E-state index contributed by atoms with van der Waals surface area (Å²) < 4.78 is 0. The Morgan fingerprint density at radius 3 is 2.00 bits per heavy atom. The minimum absolute atomic E-state index is 0.104. The van der Waals surface area contributed by atoms with Crippen molar-refractivity contribution < 1.29 is 0 Å². The maximum absolute atomic E-state index is 2.43. The van der Waals surface area contributed by atoms with Crippen LogP contribution >= 0.6 is 0 Å². The van der Waals surface area contributed by atoms with Crippen molar-refractivity contribution in [1.29, 1.82) is 0 Å². The molecule has 1 aliphatic carbocycles. The topological polar surface area (TPSA) is 0 Å². The zero-order chi connectivity index (χ0) is 19.3. The van der Waals surface area contributed by atoms with E-state index in [0.29, 0.717) is 5.92 Å². The van der Waals surface area contributed by atoms with Gasteiger partial charge in [-0.2, -0.15) is 0 Å². The van der Waals surface area contributed by atoms with Gasteiger partial charge < -0.3 is 0 Å². The molecule has 2 aromatic rings. The van der Waals surface area contributed by atoms with Gasteiger partial charge in [-0.3, -0.25) is 0 Å². The first-order valence-electron chi connectivity index (χ1n) is 9.84.